The molecular formula is C8H12O2S. The van der Waals surface area contributed by atoms with Gasteiger partial charge in [0.15, 0.2) is 9.84 Å². The van der Waals surface area contributed by atoms with Gasteiger partial charge in [-0.1, -0.05) is 11.6 Å². The second-order valence-corrected chi connectivity index (χ2v) is 4.92. The van der Waals surface area contributed by atoms with Crippen LogP contribution in [0.2, 0.25) is 0 Å². The van der Waals surface area contributed by atoms with E-state index in [0.29, 0.717) is 4.91 Å². The molecule has 1 rings (SSSR count). The Morgan fingerprint density at radius 2 is 2.09 bits per heavy atom. The van der Waals surface area contributed by atoms with Gasteiger partial charge in [-0.3, -0.25) is 0 Å². The van der Waals surface area contributed by atoms with E-state index in [1.807, 2.05) is 6.92 Å². The summed E-state index contributed by atoms with van der Waals surface area (Å²) in [5.74, 6) is 0. The van der Waals surface area contributed by atoms with Crippen molar-refractivity contribution in [1.29, 1.82) is 0 Å². The minimum absolute atomic E-state index is 0.473. The maximum absolute atomic E-state index is 11.0. The van der Waals surface area contributed by atoms with Crippen molar-refractivity contribution in [2.75, 3.05) is 6.26 Å². The molecule has 0 aliphatic heterocycles. The van der Waals surface area contributed by atoms with Crippen molar-refractivity contribution < 1.29 is 8.42 Å². The van der Waals surface area contributed by atoms with Gasteiger partial charge in [-0.15, -0.1) is 0 Å². The fourth-order valence-corrected chi connectivity index (χ4v) is 1.91. The van der Waals surface area contributed by atoms with Gasteiger partial charge in [0.25, 0.3) is 0 Å². The van der Waals surface area contributed by atoms with Crippen molar-refractivity contribution >= 4 is 9.84 Å². The zero-order chi connectivity index (χ0) is 8.48. The fraction of sp³-hybridized carbons (Fsp3) is 0.500. The molecule has 1 aliphatic carbocycles. The Hall–Kier alpha value is -0.570. The molecule has 0 saturated carbocycles. The average Bonchev–Trinajstić information content (AvgIpc) is 1.86. The van der Waals surface area contributed by atoms with Crippen molar-refractivity contribution in [3.63, 3.8) is 0 Å². The van der Waals surface area contributed by atoms with Gasteiger partial charge in [-0.25, -0.2) is 8.42 Å². The number of allylic oxidation sites excluding steroid dienone is 3. The molecule has 0 unspecified atom stereocenters. The fourth-order valence-electron chi connectivity index (χ4n) is 1.07. The highest BCUT2D eigenvalue weighted by Crippen LogP contribution is 2.19. The summed E-state index contributed by atoms with van der Waals surface area (Å²) < 4.78 is 22.0. The van der Waals surface area contributed by atoms with Gasteiger partial charge < -0.3 is 0 Å². The Kier molecular flexibility index (Phi) is 2.18. The van der Waals surface area contributed by atoms with Crippen LogP contribution in [-0.4, -0.2) is 14.7 Å². The number of rotatable bonds is 1. The monoisotopic (exact) mass is 172 g/mol. The zero-order valence-electron chi connectivity index (χ0n) is 6.79. The number of sulfone groups is 1. The summed E-state index contributed by atoms with van der Waals surface area (Å²) in [5.41, 5.74) is 1.15. The van der Waals surface area contributed by atoms with E-state index >= 15 is 0 Å². The summed E-state index contributed by atoms with van der Waals surface area (Å²) in [6.07, 6.45) is 6.61. The third kappa shape index (κ3) is 2.19. The molecule has 0 aromatic heterocycles. The van der Waals surface area contributed by atoms with Crippen LogP contribution < -0.4 is 0 Å². The molecule has 3 heteroatoms. The Labute approximate surface area is 67.5 Å². The lowest BCUT2D eigenvalue weighted by atomic mass is 10.1. The largest absolute Gasteiger partial charge is 0.224 e. The third-order valence-corrected chi connectivity index (χ3v) is 2.84. The minimum Gasteiger partial charge on any atom is -0.224 e. The lowest BCUT2D eigenvalue weighted by molar-refractivity contribution is 0.608. The number of hydrogen-bond donors (Lipinski definition) is 0. The van der Waals surface area contributed by atoms with Gasteiger partial charge in [0, 0.05) is 6.26 Å². The summed E-state index contributed by atoms with van der Waals surface area (Å²) in [7, 11) is -2.97. The predicted octanol–water partition coefficient (Wildman–Crippen LogP) is 1.66. The summed E-state index contributed by atoms with van der Waals surface area (Å²) >= 11 is 0. The molecule has 0 spiro atoms. The molecule has 62 valence electrons. The van der Waals surface area contributed by atoms with Gasteiger partial charge in [0.2, 0.25) is 0 Å². The molecule has 0 radical (unpaired) electrons. The molecule has 0 aromatic rings. The van der Waals surface area contributed by atoms with Crippen LogP contribution in [0.25, 0.3) is 0 Å². The Bertz CT molecular complexity index is 307. The smallest absolute Gasteiger partial charge is 0.175 e. The summed E-state index contributed by atoms with van der Waals surface area (Å²) in [5, 5.41) is 0. The normalized spacial score (nSPS) is 19.1. The predicted molar refractivity (Wildman–Crippen MR) is 45.9 cm³/mol. The third-order valence-electron chi connectivity index (χ3n) is 1.70. The Morgan fingerprint density at radius 1 is 1.45 bits per heavy atom. The van der Waals surface area contributed by atoms with Gasteiger partial charge in [-0.2, -0.15) is 0 Å². The topological polar surface area (TPSA) is 34.1 Å². The molecule has 0 saturated heterocycles. The van der Waals surface area contributed by atoms with E-state index in [9.17, 15) is 8.42 Å². The van der Waals surface area contributed by atoms with Crippen molar-refractivity contribution in [2.24, 2.45) is 0 Å². The average molecular weight is 172 g/mol. The Balaban J connectivity index is 3.01. The van der Waals surface area contributed by atoms with Gasteiger partial charge in [0.1, 0.15) is 0 Å². The second-order valence-electron chi connectivity index (χ2n) is 2.91. The highest BCUT2D eigenvalue weighted by Gasteiger charge is 2.11. The van der Waals surface area contributed by atoms with Crippen LogP contribution >= 0.6 is 0 Å². The molecule has 0 bridgehead atoms. The molecular weight excluding hydrogens is 160 g/mol. The van der Waals surface area contributed by atoms with E-state index in [0.717, 1.165) is 18.4 Å². The van der Waals surface area contributed by atoms with Gasteiger partial charge in [0.05, 0.1) is 4.91 Å². The van der Waals surface area contributed by atoms with E-state index in [4.69, 9.17) is 0 Å². The lowest BCUT2D eigenvalue weighted by Gasteiger charge is -2.07. The lowest BCUT2D eigenvalue weighted by Crippen LogP contribution is -2.01. The highest BCUT2D eigenvalue weighted by atomic mass is 32.2. The standard InChI is InChI=1S/C8H12O2S/c1-7-4-3-5-8(6-7)11(2,9)10/h5-6H,3-4H2,1-2H3. The molecule has 0 N–H and O–H groups in total. The minimum atomic E-state index is -2.97. The first-order chi connectivity index (χ1) is 5.00. The Morgan fingerprint density at radius 3 is 2.45 bits per heavy atom. The van der Waals surface area contributed by atoms with Crippen LogP contribution in [0, 0.1) is 0 Å². The first-order valence-electron chi connectivity index (χ1n) is 3.57. The molecule has 2 nitrogen and oxygen atoms in total. The number of hydrogen-bond acceptors (Lipinski definition) is 2. The van der Waals surface area contributed by atoms with Crippen molar-refractivity contribution in [1.82, 2.24) is 0 Å². The van der Waals surface area contributed by atoms with Crippen LogP contribution in [0.15, 0.2) is 22.6 Å². The van der Waals surface area contributed by atoms with Crippen LogP contribution in [0.3, 0.4) is 0 Å². The first-order valence-corrected chi connectivity index (χ1v) is 5.46. The molecule has 0 fully saturated rings. The molecule has 0 heterocycles. The molecule has 0 atom stereocenters. The second kappa shape index (κ2) is 2.81. The molecule has 1 aliphatic rings. The summed E-state index contributed by atoms with van der Waals surface area (Å²) in [4.78, 5) is 0.473. The van der Waals surface area contributed by atoms with Crippen molar-refractivity contribution in [3.05, 3.63) is 22.6 Å². The van der Waals surface area contributed by atoms with Crippen LogP contribution in [-0.2, 0) is 9.84 Å². The summed E-state index contributed by atoms with van der Waals surface area (Å²) in [6, 6.07) is 0. The first kappa shape index (κ1) is 8.53. The van der Waals surface area contributed by atoms with E-state index in [2.05, 4.69) is 0 Å². The summed E-state index contributed by atoms with van der Waals surface area (Å²) in [6.45, 7) is 1.96. The van der Waals surface area contributed by atoms with Crippen LogP contribution in [0.4, 0.5) is 0 Å². The van der Waals surface area contributed by atoms with E-state index in [-0.39, 0.29) is 0 Å². The van der Waals surface area contributed by atoms with Crippen molar-refractivity contribution in [2.45, 2.75) is 19.8 Å². The van der Waals surface area contributed by atoms with Crippen LogP contribution in [0.5, 0.6) is 0 Å². The zero-order valence-corrected chi connectivity index (χ0v) is 7.61. The van der Waals surface area contributed by atoms with E-state index in [1.54, 1.807) is 12.2 Å². The van der Waals surface area contributed by atoms with Crippen molar-refractivity contribution in [3.8, 4) is 0 Å². The molecule has 11 heavy (non-hydrogen) atoms. The maximum atomic E-state index is 11.0. The molecule has 0 aromatic carbocycles. The molecule has 0 amide bonds. The maximum Gasteiger partial charge on any atom is 0.175 e. The SMILES string of the molecule is CC1=CC(S(C)(=O)=O)=CCC1. The van der Waals surface area contributed by atoms with Gasteiger partial charge in [-0.05, 0) is 25.8 Å². The highest BCUT2D eigenvalue weighted by molar-refractivity contribution is 7.94. The van der Waals surface area contributed by atoms with Crippen LogP contribution in [0.1, 0.15) is 19.8 Å². The van der Waals surface area contributed by atoms with Gasteiger partial charge >= 0.3 is 0 Å². The quantitative estimate of drug-likeness (QED) is 0.602. The van der Waals surface area contributed by atoms with E-state index in [1.165, 1.54) is 6.26 Å². The van der Waals surface area contributed by atoms with E-state index < -0.39 is 9.84 Å².